The van der Waals surface area contributed by atoms with Crippen LogP contribution in [0, 0.1) is 0 Å². The van der Waals surface area contributed by atoms with Gasteiger partial charge in [0, 0.05) is 15.7 Å². The van der Waals surface area contributed by atoms with Crippen molar-refractivity contribution >= 4 is 39.1 Å². The smallest absolute Gasteiger partial charge is 0.255 e. The zero-order valence-corrected chi connectivity index (χ0v) is 14.0. The van der Waals surface area contributed by atoms with Crippen LogP contribution in [0.15, 0.2) is 46.9 Å². The SMILES string of the molecule is CC(C)Oc1cccc(C(=O)Nc2ccc(Br)c(Cl)c2)c1. The summed E-state index contributed by atoms with van der Waals surface area (Å²) < 4.78 is 6.37. The summed E-state index contributed by atoms with van der Waals surface area (Å²) in [4.78, 5) is 12.2. The zero-order valence-electron chi connectivity index (χ0n) is 11.7. The van der Waals surface area contributed by atoms with Gasteiger partial charge in [-0.1, -0.05) is 17.7 Å². The second kappa shape index (κ2) is 6.96. The Labute approximate surface area is 137 Å². The molecule has 0 saturated carbocycles. The largest absolute Gasteiger partial charge is 0.491 e. The molecule has 1 amide bonds. The van der Waals surface area contributed by atoms with Crippen LogP contribution < -0.4 is 10.1 Å². The molecule has 0 aliphatic rings. The van der Waals surface area contributed by atoms with Crippen LogP contribution in [-0.2, 0) is 0 Å². The predicted molar refractivity (Wildman–Crippen MR) is 89.3 cm³/mol. The Kier molecular flexibility index (Phi) is 5.26. The highest BCUT2D eigenvalue weighted by molar-refractivity contribution is 9.10. The van der Waals surface area contributed by atoms with E-state index in [2.05, 4.69) is 21.2 Å². The molecule has 2 rings (SSSR count). The van der Waals surface area contributed by atoms with Crippen LogP contribution in [0.2, 0.25) is 5.02 Å². The van der Waals surface area contributed by atoms with Crippen molar-refractivity contribution in [2.75, 3.05) is 5.32 Å². The molecule has 0 atom stereocenters. The van der Waals surface area contributed by atoms with Crippen molar-refractivity contribution in [2.45, 2.75) is 20.0 Å². The third-order valence-electron chi connectivity index (χ3n) is 2.65. The lowest BCUT2D eigenvalue weighted by atomic mass is 10.2. The Morgan fingerprint density at radius 2 is 2.00 bits per heavy atom. The maximum atomic E-state index is 12.2. The maximum absolute atomic E-state index is 12.2. The zero-order chi connectivity index (χ0) is 15.4. The van der Waals surface area contributed by atoms with E-state index in [-0.39, 0.29) is 12.0 Å². The van der Waals surface area contributed by atoms with Gasteiger partial charge in [0.05, 0.1) is 11.1 Å². The average molecular weight is 369 g/mol. The quantitative estimate of drug-likeness (QED) is 0.811. The Hall–Kier alpha value is -1.52. The number of carbonyl (C=O) groups excluding carboxylic acids is 1. The topological polar surface area (TPSA) is 38.3 Å². The van der Waals surface area contributed by atoms with Crippen molar-refractivity contribution < 1.29 is 9.53 Å². The Morgan fingerprint density at radius 1 is 1.24 bits per heavy atom. The van der Waals surface area contributed by atoms with Crippen LogP contribution in [0.1, 0.15) is 24.2 Å². The average Bonchev–Trinajstić information content (AvgIpc) is 2.42. The number of nitrogens with one attached hydrogen (secondary N) is 1. The molecule has 0 saturated heterocycles. The fourth-order valence-corrected chi connectivity index (χ4v) is 2.19. The van der Waals surface area contributed by atoms with Gasteiger partial charge < -0.3 is 10.1 Å². The Balaban J connectivity index is 2.14. The van der Waals surface area contributed by atoms with E-state index < -0.39 is 0 Å². The lowest BCUT2D eigenvalue weighted by Gasteiger charge is -2.11. The van der Waals surface area contributed by atoms with Crippen LogP contribution in [-0.4, -0.2) is 12.0 Å². The molecule has 0 heterocycles. The molecule has 0 bridgehead atoms. The summed E-state index contributed by atoms with van der Waals surface area (Å²) in [5.74, 6) is 0.467. The maximum Gasteiger partial charge on any atom is 0.255 e. The standard InChI is InChI=1S/C16H15BrClNO2/c1-10(2)21-13-5-3-4-11(8-13)16(20)19-12-6-7-14(17)15(18)9-12/h3-10H,1-2H3,(H,19,20). The summed E-state index contributed by atoms with van der Waals surface area (Å²) >= 11 is 9.32. The van der Waals surface area contributed by atoms with Gasteiger partial charge in [0.2, 0.25) is 0 Å². The first kappa shape index (κ1) is 15.9. The van der Waals surface area contributed by atoms with Crippen LogP contribution >= 0.6 is 27.5 Å². The summed E-state index contributed by atoms with van der Waals surface area (Å²) in [5.41, 5.74) is 1.18. The van der Waals surface area contributed by atoms with E-state index in [0.717, 1.165) is 4.47 Å². The van der Waals surface area contributed by atoms with Crippen molar-refractivity contribution in [3.63, 3.8) is 0 Å². The number of halogens is 2. The minimum absolute atomic E-state index is 0.0635. The minimum atomic E-state index is -0.206. The summed E-state index contributed by atoms with van der Waals surface area (Å²) in [6.45, 7) is 3.88. The lowest BCUT2D eigenvalue weighted by Crippen LogP contribution is -2.12. The van der Waals surface area contributed by atoms with Gasteiger partial charge >= 0.3 is 0 Å². The molecule has 1 N–H and O–H groups in total. The van der Waals surface area contributed by atoms with Gasteiger partial charge in [-0.05, 0) is 66.2 Å². The molecule has 2 aromatic rings. The first-order chi connectivity index (χ1) is 9.95. The third-order valence-corrected chi connectivity index (χ3v) is 3.88. The number of amides is 1. The van der Waals surface area contributed by atoms with Gasteiger partial charge in [-0.15, -0.1) is 0 Å². The highest BCUT2D eigenvalue weighted by Crippen LogP contribution is 2.26. The number of carbonyl (C=O) groups is 1. The number of benzene rings is 2. The van der Waals surface area contributed by atoms with Crippen molar-refractivity contribution in [2.24, 2.45) is 0 Å². The van der Waals surface area contributed by atoms with E-state index in [9.17, 15) is 4.79 Å². The number of hydrogen-bond donors (Lipinski definition) is 1. The first-order valence-corrected chi connectivity index (χ1v) is 7.66. The van der Waals surface area contributed by atoms with Crippen LogP contribution in [0.3, 0.4) is 0 Å². The van der Waals surface area contributed by atoms with E-state index in [0.29, 0.717) is 22.0 Å². The molecule has 0 unspecified atom stereocenters. The molecule has 5 heteroatoms. The predicted octanol–water partition coefficient (Wildman–Crippen LogP) is 5.14. The number of anilines is 1. The van der Waals surface area contributed by atoms with E-state index >= 15 is 0 Å². The summed E-state index contributed by atoms with van der Waals surface area (Å²) in [5, 5.41) is 3.35. The molecule has 21 heavy (non-hydrogen) atoms. The van der Waals surface area contributed by atoms with Gasteiger partial charge in [0.15, 0.2) is 0 Å². The molecular weight excluding hydrogens is 354 g/mol. The summed E-state index contributed by atoms with van der Waals surface area (Å²) in [6.07, 6.45) is 0.0635. The minimum Gasteiger partial charge on any atom is -0.491 e. The number of rotatable bonds is 4. The second-order valence-electron chi connectivity index (χ2n) is 4.78. The fourth-order valence-electron chi connectivity index (χ4n) is 1.76. The Bertz CT molecular complexity index is 658. The molecular formula is C16H15BrClNO2. The normalized spacial score (nSPS) is 10.5. The summed E-state index contributed by atoms with van der Waals surface area (Å²) in [6, 6.07) is 12.3. The molecule has 110 valence electrons. The van der Waals surface area contributed by atoms with Gasteiger partial charge in [0.1, 0.15) is 5.75 Å². The van der Waals surface area contributed by atoms with Gasteiger partial charge in [-0.3, -0.25) is 4.79 Å². The van der Waals surface area contributed by atoms with Crippen LogP contribution in [0.5, 0.6) is 5.75 Å². The molecule has 0 fully saturated rings. The van der Waals surface area contributed by atoms with E-state index in [1.807, 2.05) is 19.9 Å². The second-order valence-corrected chi connectivity index (χ2v) is 6.04. The highest BCUT2D eigenvalue weighted by atomic mass is 79.9. The lowest BCUT2D eigenvalue weighted by molar-refractivity contribution is 0.102. The van der Waals surface area contributed by atoms with Crippen molar-refractivity contribution in [3.05, 3.63) is 57.5 Å². The third kappa shape index (κ3) is 4.48. The number of hydrogen-bond acceptors (Lipinski definition) is 2. The van der Waals surface area contributed by atoms with Crippen molar-refractivity contribution in [3.8, 4) is 5.75 Å². The fraction of sp³-hybridized carbons (Fsp3) is 0.188. The van der Waals surface area contributed by atoms with E-state index in [1.165, 1.54) is 0 Å². The van der Waals surface area contributed by atoms with E-state index in [1.54, 1.807) is 36.4 Å². The molecule has 2 aromatic carbocycles. The highest BCUT2D eigenvalue weighted by Gasteiger charge is 2.09. The number of ether oxygens (including phenoxy) is 1. The molecule has 0 radical (unpaired) electrons. The molecule has 0 aliphatic carbocycles. The van der Waals surface area contributed by atoms with Crippen molar-refractivity contribution in [1.82, 2.24) is 0 Å². The molecule has 0 aromatic heterocycles. The molecule has 3 nitrogen and oxygen atoms in total. The van der Waals surface area contributed by atoms with E-state index in [4.69, 9.17) is 16.3 Å². The van der Waals surface area contributed by atoms with Crippen molar-refractivity contribution in [1.29, 1.82) is 0 Å². The van der Waals surface area contributed by atoms with Crippen LogP contribution in [0.25, 0.3) is 0 Å². The Morgan fingerprint density at radius 3 is 2.67 bits per heavy atom. The van der Waals surface area contributed by atoms with Gasteiger partial charge in [-0.2, -0.15) is 0 Å². The van der Waals surface area contributed by atoms with Crippen LogP contribution in [0.4, 0.5) is 5.69 Å². The first-order valence-electron chi connectivity index (χ1n) is 6.49. The molecule has 0 aliphatic heterocycles. The monoisotopic (exact) mass is 367 g/mol. The summed E-state index contributed by atoms with van der Waals surface area (Å²) in [7, 11) is 0. The molecule has 0 spiro atoms. The van der Waals surface area contributed by atoms with Gasteiger partial charge in [0.25, 0.3) is 5.91 Å². The van der Waals surface area contributed by atoms with Gasteiger partial charge in [-0.25, -0.2) is 0 Å².